The Morgan fingerprint density at radius 3 is 0.952 bits per heavy atom. The highest BCUT2D eigenvalue weighted by atomic mass is 16.3. The quantitative estimate of drug-likeness (QED) is 0.147. The molecule has 8 heteroatoms. The summed E-state index contributed by atoms with van der Waals surface area (Å²) in [6.07, 6.45) is -2.23. The molecule has 0 aliphatic carbocycles. The molecule has 0 aromatic heterocycles. The standard InChI is InChI=1S/C34H34N4O4/c39-31(33(41)37-35-29(21-25-13-5-1-6-14-25)22-26-15-7-2-8-16-26)32(40)34(42)38-36-30(23-27-17-9-3-10-18-27)24-28-19-11-4-12-20-28/h1-20,31-32,39-40H,21-24H2,(H,37,41)(H,38,42). The van der Waals surface area contributed by atoms with Crippen LogP contribution in [0.1, 0.15) is 22.3 Å². The molecule has 0 saturated carbocycles. The number of hydrazone groups is 2. The van der Waals surface area contributed by atoms with Gasteiger partial charge < -0.3 is 10.2 Å². The summed E-state index contributed by atoms with van der Waals surface area (Å²) in [7, 11) is 0. The number of carbonyl (C=O) groups excluding carboxylic acids is 2. The summed E-state index contributed by atoms with van der Waals surface area (Å²) in [4.78, 5) is 25.3. The highest BCUT2D eigenvalue weighted by Crippen LogP contribution is 2.09. The Balaban J connectivity index is 1.40. The lowest BCUT2D eigenvalue weighted by molar-refractivity contribution is -0.146. The first-order chi connectivity index (χ1) is 20.5. The third-order valence-electron chi connectivity index (χ3n) is 6.49. The lowest BCUT2D eigenvalue weighted by atomic mass is 10.0. The smallest absolute Gasteiger partial charge is 0.272 e. The zero-order valence-corrected chi connectivity index (χ0v) is 23.1. The predicted octanol–water partition coefficient (Wildman–Crippen LogP) is 3.62. The van der Waals surface area contributed by atoms with E-state index in [9.17, 15) is 19.8 Å². The summed E-state index contributed by atoms with van der Waals surface area (Å²) in [5, 5.41) is 29.4. The van der Waals surface area contributed by atoms with Crippen LogP contribution in [0.2, 0.25) is 0 Å². The number of nitrogens with one attached hydrogen (secondary N) is 2. The maximum Gasteiger partial charge on any atom is 0.272 e. The van der Waals surface area contributed by atoms with Crippen molar-refractivity contribution < 1.29 is 19.8 Å². The fourth-order valence-electron chi connectivity index (χ4n) is 4.30. The van der Waals surface area contributed by atoms with Crippen molar-refractivity contribution in [2.75, 3.05) is 0 Å². The van der Waals surface area contributed by atoms with Crippen molar-refractivity contribution in [3.05, 3.63) is 144 Å². The molecule has 0 fully saturated rings. The lowest BCUT2D eigenvalue weighted by Gasteiger charge is -2.16. The average molecular weight is 563 g/mol. The maximum atomic E-state index is 12.7. The second kappa shape index (κ2) is 15.8. The van der Waals surface area contributed by atoms with Crippen LogP contribution in [0.5, 0.6) is 0 Å². The number of hydrogen-bond acceptors (Lipinski definition) is 6. The lowest BCUT2D eigenvalue weighted by Crippen LogP contribution is -2.48. The van der Waals surface area contributed by atoms with Crippen molar-refractivity contribution in [2.24, 2.45) is 10.2 Å². The molecule has 4 aromatic carbocycles. The monoisotopic (exact) mass is 562 g/mol. The molecular weight excluding hydrogens is 528 g/mol. The van der Waals surface area contributed by atoms with Crippen LogP contribution < -0.4 is 10.9 Å². The molecule has 4 N–H and O–H groups in total. The van der Waals surface area contributed by atoms with E-state index in [1.807, 2.05) is 121 Å². The number of carbonyl (C=O) groups is 2. The van der Waals surface area contributed by atoms with E-state index in [4.69, 9.17) is 0 Å². The summed E-state index contributed by atoms with van der Waals surface area (Å²) in [6, 6.07) is 38.6. The van der Waals surface area contributed by atoms with Gasteiger partial charge in [-0.25, -0.2) is 10.9 Å². The van der Waals surface area contributed by atoms with Gasteiger partial charge in [0.2, 0.25) is 0 Å². The molecule has 42 heavy (non-hydrogen) atoms. The Morgan fingerprint density at radius 1 is 0.476 bits per heavy atom. The predicted molar refractivity (Wildman–Crippen MR) is 164 cm³/mol. The molecule has 0 heterocycles. The van der Waals surface area contributed by atoms with Crippen LogP contribution in [0.25, 0.3) is 0 Å². The molecule has 2 amide bonds. The molecule has 0 saturated heterocycles. The minimum atomic E-state index is -2.05. The summed E-state index contributed by atoms with van der Waals surface area (Å²) < 4.78 is 0. The zero-order chi connectivity index (χ0) is 29.6. The van der Waals surface area contributed by atoms with Gasteiger partial charge in [0.1, 0.15) is 0 Å². The van der Waals surface area contributed by atoms with Crippen molar-refractivity contribution in [1.29, 1.82) is 0 Å². The number of hydrogen-bond donors (Lipinski definition) is 4. The molecule has 0 spiro atoms. The summed E-state index contributed by atoms with van der Waals surface area (Å²) in [5.74, 6) is -2.01. The second-order valence-electron chi connectivity index (χ2n) is 9.85. The highest BCUT2D eigenvalue weighted by molar-refractivity contribution is 5.94. The molecule has 214 valence electrons. The molecule has 4 rings (SSSR count). The van der Waals surface area contributed by atoms with Gasteiger partial charge in [-0.1, -0.05) is 121 Å². The van der Waals surface area contributed by atoms with E-state index in [1.165, 1.54) is 0 Å². The molecule has 0 aliphatic rings. The highest BCUT2D eigenvalue weighted by Gasteiger charge is 2.30. The number of rotatable bonds is 13. The molecule has 0 bridgehead atoms. The Labute approximate surface area is 245 Å². The van der Waals surface area contributed by atoms with Crippen LogP contribution in [0.3, 0.4) is 0 Å². The largest absolute Gasteiger partial charge is 0.380 e. The van der Waals surface area contributed by atoms with Crippen LogP contribution in [-0.2, 0) is 35.3 Å². The number of aliphatic hydroxyl groups is 2. The van der Waals surface area contributed by atoms with Crippen molar-refractivity contribution >= 4 is 23.2 Å². The normalized spacial score (nSPS) is 12.0. The Kier molecular flexibility index (Phi) is 11.3. The molecule has 2 atom stereocenters. The molecule has 2 unspecified atom stereocenters. The first-order valence-corrected chi connectivity index (χ1v) is 13.7. The fourth-order valence-corrected chi connectivity index (χ4v) is 4.30. The number of amides is 2. The number of aliphatic hydroxyl groups excluding tert-OH is 2. The van der Waals surface area contributed by atoms with E-state index < -0.39 is 24.0 Å². The first-order valence-electron chi connectivity index (χ1n) is 13.7. The van der Waals surface area contributed by atoms with E-state index in [0.717, 1.165) is 22.3 Å². The van der Waals surface area contributed by atoms with Gasteiger partial charge in [0, 0.05) is 37.1 Å². The Hall–Kier alpha value is -4.92. The first kappa shape index (κ1) is 30.0. The van der Waals surface area contributed by atoms with Crippen molar-refractivity contribution in [2.45, 2.75) is 37.9 Å². The van der Waals surface area contributed by atoms with Gasteiger partial charge in [0.25, 0.3) is 11.8 Å². The SMILES string of the molecule is O=C(NN=C(Cc1ccccc1)Cc1ccccc1)C(O)C(O)C(=O)NN=C(Cc1ccccc1)Cc1ccccc1. The van der Waals surface area contributed by atoms with Crippen LogP contribution in [0, 0.1) is 0 Å². The Morgan fingerprint density at radius 2 is 0.714 bits per heavy atom. The van der Waals surface area contributed by atoms with Crippen molar-refractivity contribution in [3.63, 3.8) is 0 Å². The molecule has 8 nitrogen and oxygen atoms in total. The number of benzene rings is 4. The maximum absolute atomic E-state index is 12.7. The van der Waals surface area contributed by atoms with Crippen LogP contribution >= 0.6 is 0 Å². The zero-order valence-electron chi connectivity index (χ0n) is 23.1. The third kappa shape index (κ3) is 9.62. The van der Waals surface area contributed by atoms with Crippen LogP contribution in [0.4, 0.5) is 0 Å². The van der Waals surface area contributed by atoms with Crippen LogP contribution in [0.15, 0.2) is 132 Å². The van der Waals surface area contributed by atoms with Crippen LogP contribution in [-0.4, -0.2) is 45.7 Å². The van der Waals surface area contributed by atoms with E-state index in [2.05, 4.69) is 21.1 Å². The van der Waals surface area contributed by atoms with Gasteiger partial charge in [-0.15, -0.1) is 0 Å². The average Bonchev–Trinajstić information content (AvgIpc) is 3.03. The van der Waals surface area contributed by atoms with Gasteiger partial charge in [-0.2, -0.15) is 10.2 Å². The molecule has 4 aromatic rings. The van der Waals surface area contributed by atoms with Gasteiger partial charge in [0.05, 0.1) is 0 Å². The second-order valence-corrected chi connectivity index (χ2v) is 9.85. The minimum Gasteiger partial charge on any atom is -0.380 e. The minimum absolute atomic E-state index is 0.468. The fraction of sp³-hybridized carbons (Fsp3) is 0.176. The molecule has 0 aliphatic heterocycles. The van der Waals surface area contributed by atoms with Gasteiger partial charge >= 0.3 is 0 Å². The van der Waals surface area contributed by atoms with E-state index in [0.29, 0.717) is 37.1 Å². The van der Waals surface area contributed by atoms with Crippen molar-refractivity contribution in [1.82, 2.24) is 10.9 Å². The van der Waals surface area contributed by atoms with Gasteiger partial charge in [0.15, 0.2) is 12.2 Å². The summed E-state index contributed by atoms with van der Waals surface area (Å²) >= 11 is 0. The van der Waals surface area contributed by atoms with Gasteiger partial charge in [-0.05, 0) is 22.3 Å². The van der Waals surface area contributed by atoms with E-state index in [-0.39, 0.29) is 0 Å². The van der Waals surface area contributed by atoms with Crippen molar-refractivity contribution in [3.8, 4) is 0 Å². The molecular formula is C34H34N4O4. The number of nitrogens with zero attached hydrogens (tertiary/aromatic N) is 2. The molecule has 0 radical (unpaired) electrons. The topological polar surface area (TPSA) is 123 Å². The van der Waals surface area contributed by atoms with E-state index >= 15 is 0 Å². The Bertz CT molecular complexity index is 1280. The van der Waals surface area contributed by atoms with Gasteiger partial charge in [-0.3, -0.25) is 9.59 Å². The van der Waals surface area contributed by atoms with E-state index in [1.54, 1.807) is 0 Å². The summed E-state index contributed by atoms with van der Waals surface area (Å²) in [6.45, 7) is 0. The third-order valence-corrected chi connectivity index (χ3v) is 6.49. The summed E-state index contributed by atoms with van der Waals surface area (Å²) in [5.41, 5.74) is 9.91.